The van der Waals surface area contributed by atoms with E-state index in [4.69, 9.17) is 15.7 Å². The van der Waals surface area contributed by atoms with E-state index in [1.54, 1.807) is 13.0 Å². The number of nitrogens with two attached hydrogens (primary N) is 1. The molecular formula is C10H11N3O3. The number of nitriles is 1. The Morgan fingerprint density at radius 3 is 2.88 bits per heavy atom. The van der Waals surface area contributed by atoms with Crippen LogP contribution in [0.3, 0.4) is 0 Å². The Labute approximate surface area is 92.4 Å². The minimum atomic E-state index is -0.699. The van der Waals surface area contributed by atoms with Crippen LogP contribution < -0.4 is 10.5 Å². The predicted molar refractivity (Wildman–Crippen MR) is 56.9 cm³/mol. The van der Waals surface area contributed by atoms with Gasteiger partial charge in [-0.2, -0.15) is 5.26 Å². The molecular weight excluding hydrogens is 210 g/mol. The molecule has 6 nitrogen and oxygen atoms in total. The van der Waals surface area contributed by atoms with E-state index in [9.17, 15) is 10.1 Å². The van der Waals surface area contributed by atoms with E-state index in [0.717, 1.165) is 0 Å². The molecule has 0 aromatic heterocycles. The molecule has 0 saturated carbocycles. The van der Waals surface area contributed by atoms with Gasteiger partial charge in [-0.1, -0.05) is 0 Å². The zero-order chi connectivity index (χ0) is 12.1. The van der Waals surface area contributed by atoms with E-state index >= 15 is 0 Å². The van der Waals surface area contributed by atoms with Gasteiger partial charge in [0.25, 0.3) is 5.69 Å². The zero-order valence-electron chi connectivity index (χ0n) is 8.71. The van der Waals surface area contributed by atoms with Gasteiger partial charge in [-0.25, -0.2) is 0 Å². The van der Waals surface area contributed by atoms with Crippen LogP contribution in [0.1, 0.15) is 5.56 Å². The highest BCUT2D eigenvalue weighted by Crippen LogP contribution is 2.22. The normalized spacial score (nSPS) is 11.6. The lowest BCUT2D eigenvalue weighted by atomic mass is 10.2. The first-order chi connectivity index (χ1) is 7.54. The highest BCUT2D eigenvalue weighted by atomic mass is 16.6. The summed E-state index contributed by atoms with van der Waals surface area (Å²) in [6.07, 6.45) is 0. The first-order valence-corrected chi connectivity index (χ1v) is 4.57. The molecule has 0 bridgehead atoms. The third-order valence-corrected chi connectivity index (χ3v) is 1.96. The molecule has 16 heavy (non-hydrogen) atoms. The molecule has 0 aliphatic rings. The van der Waals surface area contributed by atoms with E-state index in [0.29, 0.717) is 11.3 Å². The molecule has 1 rings (SSSR count). The van der Waals surface area contributed by atoms with Crippen LogP contribution in [0.4, 0.5) is 5.69 Å². The van der Waals surface area contributed by atoms with Gasteiger partial charge < -0.3 is 10.5 Å². The molecule has 1 unspecified atom stereocenters. The Morgan fingerprint density at radius 2 is 2.38 bits per heavy atom. The Bertz CT molecular complexity index is 439. The summed E-state index contributed by atoms with van der Waals surface area (Å²) in [5.41, 5.74) is 5.89. The number of benzene rings is 1. The Balaban J connectivity index is 2.75. The molecule has 1 atom stereocenters. The number of nitrogens with zero attached hydrogens (tertiary/aromatic N) is 2. The van der Waals surface area contributed by atoms with Crippen LogP contribution in [-0.4, -0.2) is 17.6 Å². The van der Waals surface area contributed by atoms with Gasteiger partial charge >= 0.3 is 0 Å². The third-order valence-electron chi connectivity index (χ3n) is 1.96. The summed E-state index contributed by atoms with van der Waals surface area (Å²) in [7, 11) is 0. The van der Waals surface area contributed by atoms with Crippen LogP contribution in [0.2, 0.25) is 0 Å². The number of hydrogen-bond acceptors (Lipinski definition) is 5. The van der Waals surface area contributed by atoms with E-state index in [2.05, 4.69) is 0 Å². The Hall–Kier alpha value is -2.13. The fourth-order valence-corrected chi connectivity index (χ4v) is 1.15. The van der Waals surface area contributed by atoms with Gasteiger partial charge in [0.05, 0.1) is 11.0 Å². The minimum Gasteiger partial charge on any atom is -0.491 e. The van der Waals surface area contributed by atoms with Gasteiger partial charge in [-0.15, -0.1) is 0 Å². The highest BCUT2D eigenvalue weighted by molar-refractivity contribution is 5.44. The molecule has 1 aromatic rings. The molecule has 6 heteroatoms. The smallest absolute Gasteiger partial charge is 0.272 e. The maximum Gasteiger partial charge on any atom is 0.272 e. The molecule has 2 N–H and O–H groups in total. The van der Waals surface area contributed by atoms with Crippen LogP contribution in [0.5, 0.6) is 5.75 Å². The summed E-state index contributed by atoms with van der Waals surface area (Å²) < 4.78 is 5.20. The number of ether oxygens (including phenoxy) is 1. The van der Waals surface area contributed by atoms with Gasteiger partial charge in [0.15, 0.2) is 0 Å². The van der Waals surface area contributed by atoms with Crippen molar-refractivity contribution in [1.82, 2.24) is 0 Å². The third kappa shape index (κ3) is 2.93. The standard InChI is InChI=1S/C10H11N3O3/c1-7-4-9(16-6-8(12)5-11)2-3-10(7)13(14)15/h2-4,8H,6,12H2,1H3. The lowest BCUT2D eigenvalue weighted by Crippen LogP contribution is -2.25. The average molecular weight is 221 g/mol. The van der Waals surface area contributed by atoms with Crippen molar-refractivity contribution in [2.45, 2.75) is 13.0 Å². The van der Waals surface area contributed by atoms with E-state index in [1.165, 1.54) is 12.1 Å². The molecule has 0 saturated heterocycles. The fourth-order valence-electron chi connectivity index (χ4n) is 1.15. The van der Waals surface area contributed by atoms with Gasteiger partial charge in [0.1, 0.15) is 18.4 Å². The largest absolute Gasteiger partial charge is 0.491 e. The second-order valence-corrected chi connectivity index (χ2v) is 3.25. The van der Waals surface area contributed by atoms with Crippen LogP contribution in [-0.2, 0) is 0 Å². The number of hydrogen-bond donors (Lipinski definition) is 1. The summed E-state index contributed by atoms with van der Waals surface area (Å²) in [4.78, 5) is 10.1. The van der Waals surface area contributed by atoms with Crippen molar-refractivity contribution in [1.29, 1.82) is 5.26 Å². The second kappa shape index (κ2) is 5.09. The number of rotatable bonds is 4. The Kier molecular flexibility index (Phi) is 3.80. The van der Waals surface area contributed by atoms with Crippen molar-refractivity contribution in [2.75, 3.05) is 6.61 Å². The fraction of sp³-hybridized carbons (Fsp3) is 0.300. The van der Waals surface area contributed by atoms with Crippen molar-refractivity contribution >= 4 is 5.69 Å². The molecule has 84 valence electrons. The van der Waals surface area contributed by atoms with Crippen LogP contribution in [0, 0.1) is 28.4 Å². The summed E-state index contributed by atoms with van der Waals surface area (Å²) in [5.74, 6) is 0.466. The lowest BCUT2D eigenvalue weighted by Gasteiger charge is -2.07. The highest BCUT2D eigenvalue weighted by Gasteiger charge is 2.11. The lowest BCUT2D eigenvalue weighted by molar-refractivity contribution is -0.385. The molecule has 0 aliphatic heterocycles. The van der Waals surface area contributed by atoms with Crippen molar-refractivity contribution in [3.8, 4) is 11.8 Å². The van der Waals surface area contributed by atoms with Crippen molar-refractivity contribution in [3.63, 3.8) is 0 Å². The van der Waals surface area contributed by atoms with E-state index < -0.39 is 11.0 Å². The summed E-state index contributed by atoms with van der Waals surface area (Å²) in [6, 6.07) is 5.51. The molecule has 0 heterocycles. The first-order valence-electron chi connectivity index (χ1n) is 4.57. The van der Waals surface area contributed by atoms with Crippen LogP contribution >= 0.6 is 0 Å². The first kappa shape index (κ1) is 11.9. The minimum absolute atomic E-state index is 0.0388. The van der Waals surface area contributed by atoms with Crippen LogP contribution in [0.25, 0.3) is 0 Å². The average Bonchev–Trinajstić information content (AvgIpc) is 2.25. The number of aryl methyl sites for hydroxylation is 1. The molecule has 0 aliphatic carbocycles. The maximum absolute atomic E-state index is 10.5. The number of nitro benzene ring substituents is 1. The Morgan fingerprint density at radius 1 is 1.69 bits per heavy atom. The topological polar surface area (TPSA) is 102 Å². The van der Waals surface area contributed by atoms with Gasteiger partial charge in [-0.3, -0.25) is 10.1 Å². The summed E-state index contributed by atoms with van der Waals surface area (Å²) in [5, 5.41) is 19.0. The second-order valence-electron chi connectivity index (χ2n) is 3.25. The molecule has 0 radical (unpaired) electrons. The molecule has 0 amide bonds. The molecule has 0 spiro atoms. The molecule has 1 aromatic carbocycles. The van der Waals surface area contributed by atoms with E-state index in [1.807, 2.05) is 6.07 Å². The van der Waals surface area contributed by atoms with Gasteiger partial charge in [-0.05, 0) is 19.1 Å². The van der Waals surface area contributed by atoms with Crippen molar-refractivity contribution in [3.05, 3.63) is 33.9 Å². The quantitative estimate of drug-likeness (QED) is 0.606. The number of nitro groups is 1. The van der Waals surface area contributed by atoms with E-state index in [-0.39, 0.29) is 12.3 Å². The van der Waals surface area contributed by atoms with Gasteiger partial charge in [0.2, 0.25) is 0 Å². The SMILES string of the molecule is Cc1cc(OCC(N)C#N)ccc1[N+](=O)[O-]. The zero-order valence-corrected chi connectivity index (χ0v) is 8.71. The van der Waals surface area contributed by atoms with Crippen molar-refractivity contribution in [2.24, 2.45) is 5.73 Å². The maximum atomic E-state index is 10.5. The predicted octanol–water partition coefficient (Wildman–Crippen LogP) is 1.13. The van der Waals surface area contributed by atoms with Crippen LogP contribution in [0.15, 0.2) is 18.2 Å². The monoisotopic (exact) mass is 221 g/mol. The van der Waals surface area contributed by atoms with Gasteiger partial charge in [0, 0.05) is 11.6 Å². The summed E-state index contributed by atoms with van der Waals surface area (Å²) in [6.45, 7) is 1.68. The van der Waals surface area contributed by atoms with Crippen molar-refractivity contribution < 1.29 is 9.66 Å². The summed E-state index contributed by atoms with van der Waals surface area (Å²) >= 11 is 0. The molecule has 0 fully saturated rings.